The van der Waals surface area contributed by atoms with Crippen molar-refractivity contribution in [2.24, 2.45) is 0 Å². The molecule has 4 aromatic rings. The molecule has 2 unspecified atom stereocenters. The van der Waals surface area contributed by atoms with Gasteiger partial charge in [0.15, 0.2) is 5.76 Å². The SMILES string of the molecule is CCCC(NC(=O)c1ccc(COC(CSCC)c2cnc(-c3ccccc3)o2)cc1-c1ccccc1C)C(=O)O. The summed E-state index contributed by atoms with van der Waals surface area (Å²) in [7, 11) is 0. The second kappa shape index (κ2) is 14.7. The molecule has 0 aliphatic heterocycles. The first kappa shape index (κ1) is 30.1. The molecule has 0 spiro atoms. The fourth-order valence-electron chi connectivity index (χ4n) is 4.54. The maximum atomic E-state index is 13.3. The van der Waals surface area contributed by atoms with Crippen LogP contribution in [0.3, 0.4) is 0 Å². The molecule has 1 aromatic heterocycles. The van der Waals surface area contributed by atoms with E-state index in [1.807, 2.05) is 80.6 Å². The third-order valence-electron chi connectivity index (χ3n) is 6.73. The molecular weight excluding hydrogens is 536 g/mol. The molecule has 0 radical (unpaired) electrons. The fraction of sp³-hybridized carbons (Fsp3) is 0.303. The molecule has 0 aliphatic carbocycles. The Kier molecular flexibility index (Phi) is 10.8. The lowest BCUT2D eigenvalue weighted by molar-refractivity contribution is -0.139. The number of nitrogens with zero attached hydrogens (tertiary/aromatic N) is 1. The summed E-state index contributed by atoms with van der Waals surface area (Å²) in [4.78, 5) is 29.5. The van der Waals surface area contributed by atoms with Gasteiger partial charge < -0.3 is 19.6 Å². The molecule has 7 nitrogen and oxygen atoms in total. The minimum atomic E-state index is -1.04. The molecule has 1 heterocycles. The third-order valence-corrected chi connectivity index (χ3v) is 7.68. The predicted octanol–water partition coefficient (Wildman–Crippen LogP) is 7.31. The van der Waals surface area contributed by atoms with Gasteiger partial charge >= 0.3 is 5.97 Å². The number of amides is 1. The molecule has 8 heteroatoms. The van der Waals surface area contributed by atoms with Crippen molar-refractivity contribution in [1.82, 2.24) is 10.3 Å². The highest BCUT2D eigenvalue weighted by molar-refractivity contribution is 7.99. The zero-order valence-electron chi connectivity index (χ0n) is 23.6. The van der Waals surface area contributed by atoms with Gasteiger partial charge in [-0.1, -0.05) is 68.8 Å². The van der Waals surface area contributed by atoms with Crippen LogP contribution in [-0.4, -0.2) is 39.5 Å². The Morgan fingerprint density at radius 3 is 2.49 bits per heavy atom. The quantitative estimate of drug-likeness (QED) is 0.163. The van der Waals surface area contributed by atoms with E-state index in [-0.39, 0.29) is 6.10 Å². The number of rotatable bonds is 14. The van der Waals surface area contributed by atoms with Gasteiger partial charge in [0, 0.05) is 16.9 Å². The predicted molar refractivity (Wildman–Crippen MR) is 163 cm³/mol. The summed E-state index contributed by atoms with van der Waals surface area (Å²) in [6.45, 7) is 6.28. The number of benzene rings is 3. The van der Waals surface area contributed by atoms with Crippen LogP contribution in [0, 0.1) is 6.92 Å². The Balaban J connectivity index is 1.60. The highest BCUT2D eigenvalue weighted by Gasteiger charge is 2.23. The number of carboxylic acid groups (broad SMARTS) is 1. The molecule has 2 N–H and O–H groups in total. The van der Waals surface area contributed by atoms with Gasteiger partial charge in [-0.3, -0.25) is 4.79 Å². The van der Waals surface area contributed by atoms with Crippen molar-refractivity contribution in [2.75, 3.05) is 11.5 Å². The number of aliphatic carboxylic acids is 1. The molecule has 1 amide bonds. The van der Waals surface area contributed by atoms with Gasteiger partial charge in [-0.05, 0) is 65.6 Å². The average molecular weight is 573 g/mol. The largest absolute Gasteiger partial charge is 0.480 e. The standard InChI is InChI=1S/C33H36N2O5S/c1-4-11-28(33(37)38)35-31(36)26-17-16-23(18-27(26)25-15-10-9-12-22(25)3)20-39-30(21-41-5-2)29-19-34-32(40-29)24-13-7-6-8-14-24/h6-10,12-19,28,30H,4-5,11,20-21H2,1-3H3,(H,35,36)(H,37,38). The number of ether oxygens (including phenoxy) is 1. The zero-order valence-corrected chi connectivity index (χ0v) is 24.4. The number of carboxylic acids is 1. The number of oxazole rings is 1. The Morgan fingerprint density at radius 1 is 1.02 bits per heavy atom. The lowest BCUT2D eigenvalue weighted by Crippen LogP contribution is -2.40. The zero-order chi connectivity index (χ0) is 29.2. The molecule has 214 valence electrons. The number of aryl methyl sites for hydroxylation is 1. The molecular formula is C33H36N2O5S. The van der Waals surface area contributed by atoms with Crippen LogP contribution in [0.2, 0.25) is 0 Å². The van der Waals surface area contributed by atoms with E-state index in [4.69, 9.17) is 9.15 Å². The topological polar surface area (TPSA) is 102 Å². The van der Waals surface area contributed by atoms with E-state index in [1.165, 1.54) is 0 Å². The number of aromatic nitrogens is 1. The first-order chi connectivity index (χ1) is 19.9. The van der Waals surface area contributed by atoms with Crippen molar-refractivity contribution < 1.29 is 23.8 Å². The maximum Gasteiger partial charge on any atom is 0.326 e. The van der Waals surface area contributed by atoms with Crippen molar-refractivity contribution in [2.45, 2.75) is 52.4 Å². The van der Waals surface area contributed by atoms with E-state index in [1.54, 1.807) is 24.0 Å². The van der Waals surface area contributed by atoms with E-state index in [0.717, 1.165) is 33.6 Å². The van der Waals surface area contributed by atoms with Gasteiger partial charge in [0.2, 0.25) is 5.89 Å². The molecule has 0 saturated carbocycles. The second-order valence-corrected chi connectivity index (χ2v) is 11.1. The van der Waals surface area contributed by atoms with E-state index in [0.29, 0.717) is 42.4 Å². The summed E-state index contributed by atoms with van der Waals surface area (Å²) in [6.07, 6.45) is 2.43. The number of thioether (sulfide) groups is 1. The van der Waals surface area contributed by atoms with E-state index in [2.05, 4.69) is 17.2 Å². The van der Waals surface area contributed by atoms with Crippen molar-refractivity contribution in [1.29, 1.82) is 0 Å². The molecule has 0 saturated heterocycles. The highest BCUT2D eigenvalue weighted by atomic mass is 32.2. The van der Waals surface area contributed by atoms with Crippen LogP contribution in [0.5, 0.6) is 0 Å². The Labute approximate surface area is 245 Å². The number of carbonyl (C=O) groups is 2. The molecule has 2 atom stereocenters. The summed E-state index contributed by atoms with van der Waals surface area (Å²) in [5.41, 5.74) is 4.86. The van der Waals surface area contributed by atoms with Crippen LogP contribution in [0.4, 0.5) is 0 Å². The third kappa shape index (κ3) is 7.86. The van der Waals surface area contributed by atoms with Crippen molar-refractivity contribution in [3.05, 3.63) is 101 Å². The molecule has 0 bridgehead atoms. The molecule has 3 aromatic carbocycles. The average Bonchev–Trinajstić information content (AvgIpc) is 3.48. The normalized spacial score (nSPS) is 12.6. The second-order valence-electron chi connectivity index (χ2n) is 9.74. The van der Waals surface area contributed by atoms with E-state index < -0.39 is 17.9 Å². The first-order valence-electron chi connectivity index (χ1n) is 13.8. The number of carbonyl (C=O) groups excluding carboxylic acids is 1. The van der Waals surface area contributed by atoms with Crippen LogP contribution in [0.1, 0.15) is 60.0 Å². The smallest absolute Gasteiger partial charge is 0.326 e. The van der Waals surface area contributed by atoms with Crippen molar-refractivity contribution in [3.63, 3.8) is 0 Å². The Hall–Kier alpha value is -3.88. The van der Waals surface area contributed by atoms with Crippen LogP contribution in [0.15, 0.2) is 83.4 Å². The monoisotopic (exact) mass is 572 g/mol. The van der Waals surface area contributed by atoms with Crippen LogP contribution in [-0.2, 0) is 16.1 Å². The molecule has 0 fully saturated rings. The van der Waals surface area contributed by atoms with Gasteiger partial charge in [-0.2, -0.15) is 11.8 Å². The fourth-order valence-corrected chi connectivity index (χ4v) is 5.25. The first-order valence-corrected chi connectivity index (χ1v) is 15.0. The maximum absolute atomic E-state index is 13.3. The molecule has 0 aliphatic rings. The summed E-state index contributed by atoms with van der Waals surface area (Å²) in [5.74, 6) is 1.41. The van der Waals surface area contributed by atoms with Gasteiger partial charge in [0.1, 0.15) is 12.1 Å². The van der Waals surface area contributed by atoms with Gasteiger partial charge in [-0.25, -0.2) is 9.78 Å². The molecule has 4 rings (SSSR count). The Bertz CT molecular complexity index is 1450. The Morgan fingerprint density at radius 2 is 1.78 bits per heavy atom. The van der Waals surface area contributed by atoms with Crippen molar-refractivity contribution in [3.8, 4) is 22.6 Å². The van der Waals surface area contributed by atoms with Gasteiger partial charge in [0.25, 0.3) is 5.91 Å². The minimum Gasteiger partial charge on any atom is -0.480 e. The summed E-state index contributed by atoms with van der Waals surface area (Å²) >= 11 is 1.76. The minimum absolute atomic E-state index is 0.296. The number of hydrogen-bond acceptors (Lipinski definition) is 6. The summed E-state index contributed by atoms with van der Waals surface area (Å²) in [6, 6.07) is 22.2. The van der Waals surface area contributed by atoms with Crippen LogP contribution in [0.25, 0.3) is 22.6 Å². The van der Waals surface area contributed by atoms with E-state index in [9.17, 15) is 14.7 Å². The highest BCUT2D eigenvalue weighted by Crippen LogP contribution is 2.31. The number of nitrogens with one attached hydrogen (secondary N) is 1. The summed E-state index contributed by atoms with van der Waals surface area (Å²) < 4.78 is 12.5. The van der Waals surface area contributed by atoms with Gasteiger partial charge in [0.05, 0.1) is 12.8 Å². The van der Waals surface area contributed by atoms with Crippen molar-refractivity contribution >= 4 is 23.6 Å². The number of hydrogen-bond donors (Lipinski definition) is 2. The lowest BCUT2D eigenvalue weighted by atomic mass is 9.93. The summed E-state index contributed by atoms with van der Waals surface area (Å²) in [5, 5.41) is 12.3. The van der Waals surface area contributed by atoms with Crippen LogP contribution < -0.4 is 5.32 Å². The van der Waals surface area contributed by atoms with Crippen LogP contribution >= 0.6 is 11.8 Å². The van der Waals surface area contributed by atoms with E-state index >= 15 is 0 Å². The van der Waals surface area contributed by atoms with Gasteiger partial charge in [-0.15, -0.1) is 0 Å². The lowest BCUT2D eigenvalue weighted by Gasteiger charge is -2.19. The molecule has 41 heavy (non-hydrogen) atoms.